The molecule has 9 nitrogen and oxygen atoms in total. The van der Waals surface area contributed by atoms with E-state index in [0.29, 0.717) is 6.41 Å². The number of carbonyl (C=O) groups excluding carboxylic acids is 3. The minimum absolute atomic E-state index is 0.389. The monoisotopic (exact) mass is 374 g/mol. The van der Waals surface area contributed by atoms with Gasteiger partial charge in [-0.15, -0.1) is 5.17 Å². The van der Waals surface area contributed by atoms with Crippen LogP contribution in [0.3, 0.4) is 0 Å². The first-order chi connectivity index (χ1) is 11.6. The smallest absolute Gasteiger partial charge is 0.426 e. The Labute approximate surface area is 156 Å². The van der Waals surface area contributed by atoms with Crippen molar-refractivity contribution in [1.29, 1.82) is 0 Å². The standard InChI is InChI=1S/C17H34N4O5/c1-12(2)20(18-14(23)25-16(5,6)7)15(24)21(13(3)4)19(11-22)26-17(8,9)10/h11-13H,1-10H3,(H,18,23). The Bertz CT molecular complexity index is 494. The number of hydrogen-bond donors (Lipinski definition) is 1. The van der Waals surface area contributed by atoms with Crippen molar-refractivity contribution < 1.29 is 24.0 Å². The summed E-state index contributed by atoms with van der Waals surface area (Å²) in [6.45, 7) is 17.3. The number of hydrogen-bond acceptors (Lipinski definition) is 5. The lowest BCUT2D eigenvalue weighted by molar-refractivity contribution is -0.292. The van der Waals surface area contributed by atoms with Gasteiger partial charge in [0.2, 0.25) is 0 Å². The minimum Gasteiger partial charge on any atom is -0.443 e. The van der Waals surface area contributed by atoms with Gasteiger partial charge in [-0.25, -0.2) is 29.9 Å². The summed E-state index contributed by atoms with van der Waals surface area (Å²) in [7, 11) is 0. The zero-order chi connectivity index (χ0) is 20.9. The summed E-state index contributed by atoms with van der Waals surface area (Å²) in [4.78, 5) is 42.2. The maximum Gasteiger partial charge on any atom is 0.426 e. The Morgan fingerprint density at radius 2 is 1.42 bits per heavy atom. The molecule has 0 aliphatic heterocycles. The normalized spacial score (nSPS) is 12.0. The summed E-state index contributed by atoms with van der Waals surface area (Å²) in [5.74, 6) is 0. The number of ether oxygens (including phenoxy) is 1. The van der Waals surface area contributed by atoms with E-state index >= 15 is 0 Å². The molecule has 0 atom stereocenters. The van der Waals surface area contributed by atoms with E-state index in [1.807, 2.05) is 0 Å². The molecule has 0 saturated heterocycles. The maximum atomic E-state index is 13.0. The van der Waals surface area contributed by atoms with Crippen LogP contribution in [0.15, 0.2) is 0 Å². The number of nitrogens with one attached hydrogen (secondary N) is 1. The van der Waals surface area contributed by atoms with Crippen molar-refractivity contribution in [1.82, 2.24) is 20.6 Å². The molecular formula is C17H34N4O5. The van der Waals surface area contributed by atoms with Gasteiger partial charge in [0.15, 0.2) is 0 Å². The minimum atomic E-state index is -0.766. The highest BCUT2D eigenvalue weighted by Gasteiger charge is 2.34. The van der Waals surface area contributed by atoms with E-state index in [1.165, 1.54) is 0 Å². The van der Waals surface area contributed by atoms with Crippen LogP contribution in [0.4, 0.5) is 9.59 Å². The Morgan fingerprint density at radius 1 is 0.923 bits per heavy atom. The molecule has 152 valence electrons. The van der Waals surface area contributed by atoms with Crippen molar-refractivity contribution in [3.63, 3.8) is 0 Å². The van der Waals surface area contributed by atoms with Gasteiger partial charge in [-0.05, 0) is 69.2 Å². The molecule has 0 aromatic heterocycles. The fourth-order valence-electron chi connectivity index (χ4n) is 1.84. The zero-order valence-electron chi connectivity index (χ0n) is 17.6. The van der Waals surface area contributed by atoms with Crippen molar-refractivity contribution in [2.45, 2.75) is 92.5 Å². The van der Waals surface area contributed by atoms with Crippen LogP contribution < -0.4 is 5.43 Å². The number of carbonyl (C=O) groups is 3. The molecule has 0 unspecified atom stereocenters. The second-order valence-corrected chi connectivity index (χ2v) is 8.41. The Morgan fingerprint density at radius 3 is 1.73 bits per heavy atom. The molecule has 26 heavy (non-hydrogen) atoms. The van der Waals surface area contributed by atoms with Crippen molar-refractivity contribution in [2.75, 3.05) is 0 Å². The average molecular weight is 374 g/mol. The first-order valence-electron chi connectivity index (χ1n) is 8.64. The Kier molecular flexibility index (Phi) is 8.36. The number of urea groups is 1. The number of hydroxylamine groups is 1. The lowest BCUT2D eigenvalue weighted by atomic mass is 10.2. The summed E-state index contributed by atoms with van der Waals surface area (Å²) < 4.78 is 5.20. The average Bonchev–Trinajstić information content (AvgIpc) is 2.39. The summed E-state index contributed by atoms with van der Waals surface area (Å²) in [5, 5.41) is 3.06. The van der Waals surface area contributed by atoms with Gasteiger partial charge in [-0.2, -0.15) is 0 Å². The largest absolute Gasteiger partial charge is 0.443 e. The van der Waals surface area contributed by atoms with Gasteiger partial charge in [-0.3, -0.25) is 4.79 Å². The molecule has 0 saturated carbocycles. The second kappa shape index (κ2) is 9.07. The highest BCUT2D eigenvalue weighted by Crippen LogP contribution is 2.16. The summed E-state index contributed by atoms with van der Waals surface area (Å²) >= 11 is 0. The van der Waals surface area contributed by atoms with Crippen molar-refractivity contribution in [3.8, 4) is 0 Å². The third-order valence-electron chi connectivity index (χ3n) is 2.69. The van der Waals surface area contributed by atoms with Gasteiger partial charge in [0.05, 0.1) is 11.6 Å². The van der Waals surface area contributed by atoms with E-state index in [2.05, 4.69) is 5.43 Å². The molecule has 0 bridgehead atoms. The molecule has 9 heteroatoms. The molecule has 0 aromatic carbocycles. The van der Waals surface area contributed by atoms with Gasteiger partial charge in [0.25, 0.3) is 6.41 Å². The first-order valence-corrected chi connectivity index (χ1v) is 8.64. The first kappa shape index (κ1) is 24.0. The van der Waals surface area contributed by atoms with Gasteiger partial charge in [-0.1, -0.05) is 0 Å². The number of hydrazine groups is 2. The van der Waals surface area contributed by atoms with Gasteiger partial charge in [0.1, 0.15) is 5.60 Å². The highest BCUT2D eigenvalue weighted by atomic mass is 16.7. The molecule has 4 amide bonds. The van der Waals surface area contributed by atoms with Crippen molar-refractivity contribution in [2.24, 2.45) is 0 Å². The van der Waals surface area contributed by atoms with E-state index in [4.69, 9.17) is 9.57 Å². The third-order valence-corrected chi connectivity index (χ3v) is 2.69. The molecule has 0 spiro atoms. The maximum absolute atomic E-state index is 13.0. The van der Waals surface area contributed by atoms with E-state index in [1.54, 1.807) is 69.2 Å². The summed E-state index contributed by atoms with van der Waals surface area (Å²) in [6.07, 6.45) is -0.354. The second-order valence-electron chi connectivity index (χ2n) is 8.41. The summed E-state index contributed by atoms with van der Waals surface area (Å²) in [5.41, 5.74) is 1.02. The molecule has 0 fully saturated rings. The molecule has 0 heterocycles. The van der Waals surface area contributed by atoms with Crippen LogP contribution >= 0.6 is 0 Å². The van der Waals surface area contributed by atoms with Crippen LogP contribution in [-0.2, 0) is 14.4 Å². The van der Waals surface area contributed by atoms with Crippen LogP contribution in [-0.4, -0.2) is 57.0 Å². The molecule has 1 N–H and O–H groups in total. The molecule has 0 aliphatic carbocycles. The van der Waals surface area contributed by atoms with Gasteiger partial charge in [0, 0.05) is 6.04 Å². The fraction of sp³-hybridized carbons (Fsp3) is 0.824. The predicted molar refractivity (Wildman–Crippen MR) is 97.5 cm³/mol. The van der Waals surface area contributed by atoms with Crippen LogP contribution in [0.5, 0.6) is 0 Å². The number of nitrogens with zero attached hydrogens (tertiary/aromatic N) is 3. The lowest BCUT2D eigenvalue weighted by Crippen LogP contribution is -2.61. The molecule has 0 rings (SSSR count). The van der Waals surface area contributed by atoms with Gasteiger partial charge >= 0.3 is 12.1 Å². The van der Waals surface area contributed by atoms with E-state index in [-0.39, 0.29) is 6.04 Å². The predicted octanol–water partition coefficient (Wildman–Crippen LogP) is 3.07. The van der Waals surface area contributed by atoms with Crippen LogP contribution in [0.2, 0.25) is 0 Å². The number of amides is 4. The van der Waals surface area contributed by atoms with E-state index < -0.39 is 29.4 Å². The van der Waals surface area contributed by atoms with Crippen LogP contribution in [0, 0.1) is 0 Å². The van der Waals surface area contributed by atoms with Crippen molar-refractivity contribution >= 4 is 18.5 Å². The van der Waals surface area contributed by atoms with E-state index in [0.717, 1.165) is 15.2 Å². The zero-order valence-corrected chi connectivity index (χ0v) is 17.6. The Hall–Kier alpha value is -2.03. The molecule has 0 aliphatic rings. The van der Waals surface area contributed by atoms with Crippen molar-refractivity contribution in [3.05, 3.63) is 0 Å². The molecular weight excluding hydrogens is 340 g/mol. The van der Waals surface area contributed by atoms with Crippen LogP contribution in [0.25, 0.3) is 0 Å². The third kappa shape index (κ3) is 8.37. The lowest BCUT2D eigenvalue weighted by Gasteiger charge is -2.40. The quantitative estimate of drug-likeness (QED) is 0.590. The summed E-state index contributed by atoms with van der Waals surface area (Å²) in [6, 6.07) is -1.42. The van der Waals surface area contributed by atoms with Crippen LogP contribution in [0.1, 0.15) is 69.2 Å². The number of rotatable bonds is 5. The molecule has 0 radical (unpaired) electrons. The Balaban J connectivity index is 5.54. The van der Waals surface area contributed by atoms with E-state index in [9.17, 15) is 14.4 Å². The SMILES string of the molecule is CC(C)N(NC(=O)OC(C)(C)C)C(=O)N(C(C)C)N(C=O)OC(C)(C)C. The fourth-order valence-corrected chi connectivity index (χ4v) is 1.84. The topological polar surface area (TPSA) is 91.4 Å². The van der Waals surface area contributed by atoms with Gasteiger partial charge < -0.3 is 4.74 Å². The molecule has 0 aromatic rings. The highest BCUT2D eigenvalue weighted by molar-refractivity contribution is 5.79.